The van der Waals surface area contributed by atoms with Gasteiger partial charge in [0.15, 0.2) is 0 Å². The Hall–Kier alpha value is -1.35. The molecular formula is C13H15FO2. The van der Waals surface area contributed by atoms with Crippen LogP contribution in [0.4, 0.5) is 4.39 Å². The molecule has 1 aromatic carbocycles. The van der Waals surface area contributed by atoms with Crippen LogP contribution in [0.1, 0.15) is 32.1 Å². The Bertz CT molecular complexity index is 490. The fraction of sp³-hybridized carbons (Fsp3) is 0.385. The van der Waals surface area contributed by atoms with Gasteiger partial charge in [-0.2, -0.15) is 0 Å². The van der Waals surface area contributed by atoms with E-state index in [0.29, 0.717) is 16.7 Å². The molecule has 1 N–H and O–H groups in total. The minimum atomic E-state index is -0.625. The second kappa shape index (κ2) is 4.26. The molecule has 0 aliphatic carbocycles. The molecule has 1 heterocycles. The Labute approximate surface area is 93.7 Å². The van der Waals surface area contributed by atoms with Crippen molar-refractivity contribution in [1.29, 1.82) is 0 Å². The van der Waals surface area contributed by atoms with E-state index in [1.54, 1.807) is 12.1 Å². The maximum atomic E-state index is 13.0. The van der Waals surface area contributed by atoms with E-state index in [4.69, 9.17) is 4.42 Å². The number of furan rings is 1. The molecule has 2 rings (SSSR count). The van der Waals surface area contributed by atoms with Crippen molar-refractivity contribution in [1.82, 2.24) is 0 Å². The molecule has 1 aromatic heterocycles. The van der Waals surface area contributed by atoms with E-state index in [-0.39, 0.29) is 11.7 Å². The van der Waals surface area contributed by atoms with Crippen LogP contribution in [0.5, 0.6) is 0 Å². The summed E-state index contributed by atoms with van der Waals surface area (Å²) < 4.78 is 18.5. The molecule has 3 heteroatoms. The first-order chi connectivity index (χ1) is 7.61. The predicted molar refractivity (Wildman–Crippen MR) is 60.6 cm³/mol. The Morgan fingerprint density at radius 3 is 2.81 bits per heavy atom. The number of rotatable bonds is 3. The quantitative estimate of drug-likeness (QED) is 0.859. The first-order valence-electron chi connectivity index (χ1n) is 5.49. The maximum Gasteiger partial charge on any atom is 0.134 e. The molecule has 0 radical (unpaired) electrons. The molecule has 2 aromatic rings. The topological polar surface area (TPSA) is 33.4 Å². The van der Waals surface area contributed by atoms with Gasteiger partial charge in [-0.25, -0.2) is 4.39 Å². The lowest BCUT2D eigenvalue weighted by Gasteiger charge is -2.13. The SMILES string of the molecule is CCC(C)C(O)c1cc2cc(F)ccc2o1. The van der Waals surface area contributed by atoms with Gasteiger partial charge in [-0.1, -0.05) is 20.3 Å². The molecule has 2 unspecified atom stereocenters. The van der Waals surface area contributed by atoms with Crippen LogP contribution in [-0.4, -0.2) is 5.11 Å². The molecule has 0 fully saturated rings. The van der Waals surface area contributed by atoms with Crippen molar-refractivity contribution in [2.75, 3.05) is 0 Å². The second-order valence-electron chi connectivity index (χ2n) is 4.16. The molecule has 86 valence electrons. The van der Waals surface area contributed by atoms with Crippen LogP contribution >= 0.6 is 0 Å². The van der Waals surface area contributed by atoms with Gasteiger partial charge in [0.05, 0.1) is 0 Å². The summed E-state index contributed by atoms with van der Waals surface area (Å²) in [5.74, 6) is 0.346. The van der Waals surface area contributed by atoms with Gasteiger partial charge in [0.1, 0.15) is 23.3 Å². The monoisotopic (exact) mass is 222 g/mol. The molecule has 0 bridgehead atoms. The summed E-state index contributed by atoms with van der Waals surface area (Å²) in [5.41, 5.74) is 0.610. The second-order valence-corrected chi connectivity index (χ2v) is 4.16. The fourth-order valence-corrected chi connectivity index (χ4v) is 1.68. The van der Waals surface area contributed by atoms with Gasteiger partial charge in [-0.05, 0) is 30.2 Å². The first kappa shape index (κ1) is 11.1. The smallest absolute Gasteiger partial charge is 0.134 e. The van der Waals surface area contributed by atoms with E-state index in [1.807, 2.05) is 13.8 Å². The van der Waals surface area contributed by atoms with Crippen LogP contribution in [0.3, 0.4) is 0 Å². The van der Waals surface area contributed by atoms with Crippen molar-refractivity contribution < 1.29 is 13.9 Å². The highest BCUT2D eigenvalue weighted by molar-refractivity contribution is 5.77. The maximum absolute atomic E-state index is 13.0. The fourth-order valence-electron chi connectivity index (χ4n) is 1.68. The summed E-state index contributed by atoms with van der Waals surface area (Å²) in [6.07, 6.45) is 0.243. The molecule has 0 amide bonds. The highest BCUT2D eigenvalue weighted by Gasteiger charge is 2.18. The summed E-state index contributed by atoms with van der Waals surface area (Å²) in [7, 11) is 0. The van der Waals surface area contributed by atoms with Crippen LogP contribution in [0.2, 0.25) is 0 Å². The lowest BCUT2D eigenvalue weighted by Crippen LogP contribution is -2.06. The van der Waals surface area contributed by atoms with E-state index in [0.717, 1.165) is 6.42 Å². The van der Waals surface area contributed by atoms with Crippen molar-refractivity contribution in [3.05, 3.63) is 35.8 Å². The molecule has 16 heavy (non-hydrogen) atoms. The minimum Gasteiger partial charge on any atom is -0.458 e. The number of halogens is 1. The van der Waals surface area contributed by atoms with Gasteiger partial charge in [0.25, 0.3) is 0 Å². The van der Waals surface area contributed by atoms with Crippen LogP contribution in [0, 0.1) is 11.7 Å². The lowest BCUT2D eigenvalue weighted by molar-refractivity contribution is 0.0941. The molecule has 2 nitrogen and oxygen atoms in total. The van der Waals surface area contributed by atoms with Gasteiger partial charge >= 0.3 is 0 Å². The molecule has 2 atom stereocenters. The molecule has 0 spiro atoms. The highest BCUT2D eigenvalue weighted by atomic mass is 19.1. The van der Waals surface area contributed by atoms with Crippen LogP contribution in [-0.2, 0) is 0 Å². The Balaban J connectivity index is 2.39. The largest absolute Gasteiger partial charge is 0.458 e. The molecule has 0 aliphatic heterocycles. The normalized spacial score (nSPS) is 15.2. The Morgan fingerprint density at radius 2 is 2.12 bits per heavy atom. The van der Waals surface area contributed by atoms with E-state index in [1.165, 1.54) is 12.1 Å². The lowest BCUT2D eigenvalue weighted by atomic mass is 10.00. The van der Waals surface area contributed by atoms with Crippen molar-refractivity contribution in [2.24, 2.45) is 5.92 Å². The molecule has 0 aliphatic rings. The number of benzene rings is 1. The van der Waals surface area contributed by atoms with Crippen molar-refractivity contribution >= 4 is 11.0 Å². The summed E-state index contributed by atoms with van der Waals surface area (Å²) in [5, 5.41) is 10.7. The zero-order valence-electron chi connectivity index (χ0n) is 9.40. The van der Waals surface area contributed by atoms with E-state index in [9.17, 15) is 9.50 Å². The minimum absolute atomic E-state index is 0.130. The average Bonchev–Trinajstić information content (AvgIpc) is 2.69. The van der Waals surface area contributed by atoms with Gasteiger partial charge < -0.3 is 9.52 Å². The Morgan fingerprint density at radius 1 is 1.38 bits per heavy atom. The third-order valence-corrected chi connectivity index (χ3v) is 2.97. The zero-order chi connectivity index (χ0) is 11.7. The molecule has 0 saturated carbocycles. The zero-order valence-corrected chi connectivity index (χ0v) is 9.40. The highest BCUT2D eigenvalue weighted by Crippen LogP contribution is 2.29. The number of aliphatic hydroxyl groups excluding tert-OH is 1. The summed E-state index contributed by atoms with van der Waals surface area (Å²) >= 11 is 0. The van der Waals surface area contributed by atoms with Gasteiger partial charge in [0, 0.05) is 5.39 Å². The number of aliphatic hydroxyl groups is 1. The van der Waals surface area contributed by atoms with Gasteiger partial charge in [-0.15, -0.1) is 0 Å². The van der Waals surface area contributed by atoms with Crippen LogP contribution < -0.4 is 0 Å². The van der Waals surface area contributed by atoms with Crippen LogP contribution in [0.15, 0.2) is 28.7 Å². The van der Waals surface area contributed by atoms with Crippen molar-refractivity contribution in [3.63, 3.8) is 0 Å². The van der Waals surface area contributed by atoms with Crippen LogP contribution in [0.25, 0.3) is 11.0 Å². The molecule has 0 saturated heterocycles. The Kier molecular flexibility index (Phi) is 2.97. The average molecular weight is 222 g/mol. The number of hydrogen-bond donors (Lipinski definition) is 1. The van der Waals surface area contributed by atoms with Crippen molar-refractivity contribution in [2.45, 2.75) is 26.4 Å². The van der Waals surface area contributed by atoms with Gasteiger partial charge in [-0.3, -0.25) is 0 Å². The third kappa shape index (κ3) is 1.95. The first-order valence-corrected chi connectivity index (χ1v) is 5.49. The van der Waals surface area contributed by atoms with E-state index >= 15 is 0 Å². The van der Waals surface area contributed by atoms with Gasteiger partial charge in [0.2, 0.25) is 0 Å². The predicted octanol–water partition coefficient (Wildman–Crippen LogP) is 3.65. The summed E-state index contributed by atoms with van der Waals surface area (Å²) in [4.78, 5) is 0. The molecular weight excluding hydrogens is 207 g/mol. The summed E-state index contributed by atoms with van der Waals surface area (Å²) in [6.45, 7) is 3.97. The van der Waals surface area contributed by atoms with Crippen molar-refractivity contribution in [3.8, 4) is 0 Å². The number of fused-ring (bicyclic) bond motifs is 1. The number of hydrogen-bond acceptors (Lipinski definition) is 2. The van der Waals surface area contributed by atoms with E-state index in [2.05, 4.69) is 0 Å². The van der Waals surface area contributed by atoms with E-state index < -0.39 is 6.10 Å². The summed E-state index contributed by atoms with van der Waals surface area (Å²) in [6, 6.07) is 6.05. The standard InChI is InChI=1S/C13H15FO2/c1-3-8(2)13(15)12-7-9-6-10(14)4-5-11(9)16-12/h4-8,13,15H,3H2,1-2H3. The third-order valence-electron chi connectivity index (χ3n) is 2.97.